The van der Waals surface area contributed by atoms with Crippen molar-refractivity contribution in [1.29, 1.82) is 0 Å². The van der Waals surface area contributed by atoms with Crippen molar-refractivity contribution in [3.8, 4) is 5.75 Å². The monoisotopic (exact) mass is 286 g/mol. The Labute approximate surface area is 123 Å². The zero-order valence-electron chi connectivity index (χ0n) is 12.3. The maximum Gasteiger partial charge on any atom is 0.261 e. The smallest absolute Gasteiger partial charge is 0.261 e. The fourth-order valence-corrected chi connectivity index (χ4v) is 2.00. The van der Waals surface area contributed by atoms with Gasteiger partial charge in [0, 0.05) is 0 Å². The summed E-state index contributed by atoms with van der Waals surface area (Å²) in [5.74, 6) is -0.344. The molecule has 1 amide bonds. The molecule has 0 radical (unpaired) electrons. The number of hydrogen-bond acceptors (Lipinski definition) is 5. The van der Waals surface area contributed by atoms with Crippen LogP contribution in [0.2, 0.25) is 0 Å². The maximum atomic E-state index is 12.2. The van der Waals surface area contributed by atoms with Crippen molar-refractivity contribution in [2.24, 2.45) is 0 Å². The predicted molar refractivity (Wildman–Crippen MR) is 79.4 cm³/mol. The summed E-state index contributed by atoms with van der Waals surface area (Å²) in [6.45, 7) is 5.68. The molecule has 110 valence electrons. The lowest BCUT2D eigenvalue weighted by molar-refractivity contribution is 0.102. The molecule has 1 aromatic heterocycles. The molecular weight excluding hydrogens is 268 g/mol. The summed E-state index contributed by atoms with van der Waals surface area (Å²) in [5, 5.41) is 20.4. The fourth-order valence-electron chi connectivity index (χ4n) is 2.00. The van der Waals surface area contributed by atoms with Gasteiger partial charge in [0.05, 0.1) is 17.0 Å². The molecule has 0 atom stereocenters. The minimum Gasteiger partial charge on any atom is -0.507 e. The van der Waals surface area contributed by atoms with E-state index in [1.165, 1.54) is 0 Å². The van der Waals surface area contributed by atoms with Crippen LogP contribution in [0, 0.1) is 6.92 Å². The molecule has 6 heteroatoms. The predicted octanol–water partition coefficient (Wildman–Crippen LogP) is 2.26. The third kappa shape index (κ3) is 3.16. The van der Waals surface area contributed by atoms with Gasteiger partial charge in [0.2, 0.25) is 5.95 Å². The van der Waals surface area contributed by atoms with Gasteiger partial charge in [-0.05, 0) is 31.4 Å². The zero-order chi connectivity index (χ0) is 15.4. The van der Waals surface area contributed by atoms with Crippen LogP contribution in [0.25, 0.3) is 0 Å². The zero-order valence-corrected chi connectivity index (χ0v) is 12.3. The van der Waals surface area contributed by atoms with Gasteiger partial charge >= 0.3 is 0 Å². The lowest BCUT2D eigenvalue weighted by atomic mass is 10.1. The van der Waals surface area contributed by atoms with Gasteiger partial charge in [-0.15, -0.1) is 10.2 Å². The highest BCUT2D eigenvalue weighted by molar-refractivity contribution is 6.05. The number of aromatic hydroxyl groups is 1. The van der Waals surface area contributed by atoms with E-state index in [2.05, 4.69) is 20.5 Å². The number of carbonyl (C=O) groups is 1. The number of benzene rings is 1. The van der Waals surface area contributed by atoms with E-state index in [0.717, 1.165) is 24.2 Å². The summed E-state index contributed by atoms with van der Waals surface area (Å²) < 4.78 is 0. The van der Waals surface area contributed by atoms with E-state index in [0.29, 0.717) is 5.56 Å². The highest BCUT2D eigenvalue weighted by Crippen LogP contribution is 2.22. The molecule has 0 bridgehead atoms. The Bertz CT molecular complexity index is 671. The minimum absolute atomic E-state index is 0.0381. The van der Waals surface area contributed by atoms with Crippen molar-refractivity contribution in [2.45, 2.75) is 33.6 Å². The summed E-state index contributed by atoms with van der Waals surface area (Å²) in [7, 11) is 0. The number of nitrogens with one attached hydrogen (secondary N) is 1. The van der Waals surface area contributed by atoms with Crippen LogP contribution in [-0.4, -0.2) is 26.2 Å². The first-order valence-electron chi connectivity index (χ1n) is 6.89. The van der Waals surface area contributed by atoms with E-state index >= 15 is 0 Å². The van der Waals surface area contributed by atoms with Gasteiger partial charge in [0.25, 0.3) is 5.91 Å². The van der Waals surface area contributed by atoms with Crippen molar-refractivity contribution in [3.05, 3.63) is 40.7 Å². The molecule has 2 N–H and O–H groups in total. The molecular formula is C15H18N4O2. The second-order valence-corrected chi connectivity index (χ2v) is 4.66. The Morgan fingerprint density at radius 1 is 1.19 bits per heavy atom. The number of phenolic OH excluding ortho intramolecular Hbond substituents is 1. The van der Waals surface area contributed by atoms with Gasteiger partial charge in [-0.3, -0.25) is 10.1 Å². The molecule has 2 aromatic rings. The van der Waals surface area contributed by atoms with Crippen LogP contribution in [0.15, 0.2) is 18.2 Å². The van der Waals surface area contributed by atoms with E-state index in [9.17, 15) is 9.90 Å². The average molecular weight is 286 g/mol. The molecule has 1 aromatic carbocycles. The number of aromatic nitrogens is 3. The lowest BCUT2D eigenvalue weighted by Gasteiger charge is -2.08. The molecule has 0 unspecified atom stereocenters. The fraction of sp³-hybridized carbons (Fsp3) is 0.333. The summed E-state index contributed by atoms with van der Waals surface area (Å²) >= 11 is 0. The van der Waals surface area contributed by atoms with E-state index in [1.807, 2.05) is 13.8 Å². The van der Waals surface area contributed by atoms with Crippen molar-refractivity contribution in [2.75, 3.05) is 5.32 Å². The largest absolute Gasteiger partial charge is 0.507 e. The Morgan fingerprint density at radius 3 is 2.57 bits per heavy atom. The molecule has 0 aliphatic rings. The highest BCUT2D eigenvalue weighted by Gasteiger charge is 2.15. The topological polar surface area (TPSA) is 88.0 Å². The SMILES string of the molecule is CCc1nnc(NC(=O)c2cccc(C)c2O)nc1CC. The van der Waals surface area contributed by atoms with Crippen molar-refractivity contribution < 1.29 is 9.90 Å². The van der Waals surface area contributed by atoms with Crippen molar-refractivity contribution >= 4 is 11.9 Å². The standard InChI is InChI=1S/C15H18N4O2/c1-4-11-12(5-2)18-19-15(16-11)17-14(21)10-8-6-7-9(3)13(10)20/h6-8,20H,4-5H2,1-3H3,(H,16,17,19,21). The van der Waals surface area contributed by atoms with Crippen LogP contribution in [0.3, 0.4) is 0 Å². The number of rotatable bonds is 4. The molecule has 6 nitrogen and oxygen atoms in total. The Balaban J connectivity index is 2.25. The number of amides is 1. The molecule has 0 fully saturated rings. The van der Waals surface area contributed by atoms with E-state index < -0.39 is 5.91 Å². The van der Waals surface area contributed by atoms with E-state index in [-0.39, 0.29) is 17.3 Å². The highest BCUT2D eigenvalue weighted by atomic mass is 16.3. The van der Waals surface area contributed by atoms with Gasteiger partial charge in [-0.1, -0.05) is 26.0 Å². The molecule has 1 heterocycles. The first-order chi connectivity index (χ1) is 10.1. The summed E-state index contributed by atoms with van der Waals surface area (Å²) in [6, 6.07) is 4.99. The summed E-state index contributed by atoms with van der Waals surface area (Å²) in [5.41, 5.74) is 2.47. The van der Waals surface area contributed by atoms with Crippen LogP contribution in [-0.2, 0) is 12.8 Å². The molecule has 0 saturated heterocycles. The number of carbonyl (C=O) groups excluding carboxylic acids is 1. The van der Waals surface area contributed by atoms with Gasteiger partial charge < -0.3 is 5.11 Å². The first kappa shape index (κ1) is 14.9. The Kier molecular flexibility index (Phi) is 4.47. The first-order valence-corrected chi connectivity index (χ1v) is 6.89. The minimum atomic E-state index is -0.454. The number of phenols is 1. The number of aryl methyl sites for hydroxylation is 3. The second-order valence-electron chi connectivity index (χ2n) is 4.66. The normalized spacial score (nSPS) is 10.4. The van der Waals surface area contributed by atoms with Gasteiger partial charge in [-0.2, -0.15) is 0 Å². The number of hydrogen-bond donors (Lipinski definition) is 2. The van der Waals surface area contributed by atoms with E-state index in [1.54, 1.807) is 25.1 Å². The van der Waals surface area contributed by atoms with Crippen molar-refractivity contribution in [1.82, 2.24) is 15.2 Å². The molecule has 21 heavy (non-hydrogen) atoms. The number of nitrogens with zero attached hydrogens (tertiary/aromatic N) is 3. The molecule has 2 rings (SSSR count). The molecule has 0 aliphatic heterocycles. The number of anilines is 1. The Hall–Kier alpha value is -2.50. The van der Waals surface area contributed by atoms with E-state index in [4.69, 9.17) is 0 Å². The van der Waals surface area contributed by atoms with Crippen LogP contribution >= 0.6 is 0 Å². The van der Waals surface area contributed by atoms with Gasteiger partial charge in [-0.25, -0.2) is 4.98 Å². The van der Waals surface area contributed by atoms with Crippen LogP contribution in [0.5, 0.6) is 5.75 Å². The second kappa shape index (κ2) is 6.30. The van der Waals surface area contributed by atoms with Crippen LogP contribution in [0.4, 0.5) is 5.95 Å². The third-order valence-corrected chi connectivity index (χ3v) is 3.22. The van der Waals surface area contributed by atoms with Crippen LogP contribution < -0.4 is 5.32 Å². The third-order valence-electron chi connectivity index (χ3n) is 3.22. The lowest BCUT2D eigenvalue weighted by Crippen LogP contribution is -2.16. The average Bonchev–Trinajstić information content (AvgIpc) is 2.49. The molecule has 0 saturated carbocycles. The molecule has 0 spiro atoms. The van der Waals surface area contributed by atoms with Crippen molar-refractivity contribution in [3.63, 3.8) is 0 Å². The summed E-state index contributed by atoms with van der Waals surface area (Å²) in [6.07, 6.45) is 1.47. The molecule has 0 aliphatic carbocycles. The number of para-hydroxylation sites is 1. The van der Waals surface area contributed by atoms with Gasteiger partial charge in [0.15, 0.2) is 0 Å². The quantitative estimate of drug-likeness (QED) is 0.900. The van der Waals surface area contributed by atoms with Gasteiger partial charge in [0.1, 0.15) is 5.75 Å². The summed E-state index contributed by atoms with van der Waals surface area (Å²) in [4.78, 5) is 16.5. The van der Waals surface area contributed by atoms with Crippen LogP contribution in [0.1, 0.15) is 41.2 Å². The Morgan fingerprint density at radius 2 is 1.90 bits per heavy atom. The maximum absolute atomic E-state index is 12.2.